The topological polar surface area (TPSA) is 72.7 Å². The molecule has 1 aliphatic carbocycles. The van der Waals surface area contributed by atoms with Crippen molar-refractivity contribution in [1.29, 1.82) is 0 Å². The van der Waals surface area contributed by atoms with Gasteiger partial charge < -0.3 is 5.32 Å². The van der Waals surface area contributed by atoms with E-state index in [1.165, 1.54) is 0 Å². The Balaban J connectivity index is 1.37. The summed E-state index contributed by atoms with van der Waals surface area (Å²) in [5.41, 5.74) is 4.33. The van der Waals surface area contributed by atoms with E-state index in [1.54, 1.807) is 22.2 Å². The number of aromatic nitrogens is 4. The Hall–Kier alpha value is -3.06. The van der Waals surface area contributed by atoms with Crippen LogP contribution in [0.4, 0.5) is 0 Å². The monoisotopic (exact) mass is 389 g/mol. The van der Waals surface area contributed by atoms with Crippen molar-refractivity contribution in [2.75, 3.05) is 0 Å². The van der Waals surface area contributed by atoms with Crippen molar-refractivity contribution in [1.82, 2.24) is 25.1 Å². The number of fused-ring (bicyclic) bond motifs is 1. The maximum Gasteiger partial charge on any atom is 0.252 e. The maximum absolute atomic E-state index is 12.9. The van der Waals surface area contributed by atoms with Crippen LogP contribution < -0.4 is 5.32 Å². The highest BCUT2D eigenvalue weighted by atomic mass is 32.1. The first kappa shape index (κ1) is 17.1. The second-order valence-electron chi connectivity index (χ2n) is 7.07. The number of hydrogen-bond acceptors (Lipinski definition) is 5. The molecule has 140 valence electrons. The second-order valence-corrected chi connectivity index (χ2v) is 7.93. The third-order valence-corrected chi connectivity index (χ3v) is 5.91. The molecule has 1 saturated carbocycles. The number of carbonyl (C=O) groups is 1. The lowest BCUT2D eigenvalue weighted by atomic mass is 10.1. The summed E-state index contributed by atoms with van der Waals surface area (Å²) in [5, 5.41) is 11.0. The number of amides is 1. The molecule has 1 amide bonds. The molecule has 4 aromatic rings. The third-order valence-electron chi connectivity index (χ3n) is 4.97. The Kier molecular flexibility index (Phi) is 4.16. The molecule has 3 heterocycles. The largest absolute Gasteiger partial charge is 0.346 e. The van der Waals surface area contributed by atoms with Gasteiger partial charge in [0.2, 0.25) is 0 Å². The number of benzene rings is 1. The number of aryl methyl sites for hydroxylation is 1. The Labute approximate surface area is 166 Å². The molecule has 0 bridgehead atoms. The minimum atomic E-state index is -0.114. The van der Waals surface area contributed by atoms with Gasteiger partial charge in [0.1, 0.15) is 5.01 Å². The zero-order valence-corrected chi connectivity index (χ0v) is 16.2. The first-order valence-electron chi connectivity index (χ1n) is 9.30. The first-order valence-corrected chi connectivity index (χ1v) is 10.2. The molecule has 0 unspecified atom stereocenters. The third kappa shape index (κ3) is 3.18. The molecule has 0 radical (unpaired) electrons. The molecule has 5 rings (SSSR count). The lowest BCUT2D eigenvalue weighted by Crippen LogP contribution is -2.23. The summed E-state index contributed by atoms with van der Waals surface area (Å²) in [5.74, 6) is 0.356. The molecule has 0 aliphatic heterocycles. The second kappa shape index (κ2) is 6.83. The summed E-state index contributed by atoms with van der Waals surface area (Å²) in [6.07, 6.45) is 3.99. The van der Waals surface area contributed by atoms with Gasteiger partial charge in [0, 0.05) is 29.6 Å². The van der Waals surface area contributed by atoms with E-state index in [0.717, 1.165) is 45.8 Å². The normalized spacial score (nSPS) is 13.8. The summed E-state index contributed by atoms with van der Waals surface area (Å²) in [6, 6.07) is 12.0. The van der Waals surface area contributed by atoms with Crippen molar-refractivity contribution in [2.45, 2.75) is 25.3 Å². The van der Waals surface area contributed by atoms with E-state index in [0.29, 0.717) is 18.0 Å². The molecule has 1 aliphatic rings. The summed E-state index contributed by atoms with van der Waals surface area (Å²) in [4.78, 5) is 22.3. The van der Waals surface area contributed by atoms with E-state index < -0.39 is 0 Å². The number of nitrogens with zero attached hydrogens (tertiary/aromatic N) is 4. The van der Waals surface area contributed by atoms with Gasteiger partial charge in [-0.1, -0.05) is 30.3 Å². The molecule has 0 atom stereocenters. The molecule has 1 aromatic carbocycles. The number of carbonyl (C=O) groups excluding carboxylic acids is 1. The molecule has 1 fully saturated rings. The number of rotatable bonds is 5. The van der Waals surface area contributed by atoms with E-state index in [-0.39, 0.29) is 5.91 Å². The Morgan fingerprint density at radius 2 is 2.07 bits per heavy atom. The van der Waals surface area contributed by atoms with Crippen LogP contribution in [-0.4, -0.2) is 25.7 Å². The van der Waals surface area contributed by atoms with Crippen molar-refractivity contribution < 1.29 is 4.79 Å². The van der Waals surface area contributed by atoms with E-state index >= 15 is 0 Å². The predicted molar refractivity (Wildman–Crippen MR) is 109 cm³/mol. The maximum atomic E-state index is 12.9. The zero-order valence-electron chi connectivity index (χ0n) is 15.4. The van der Waals surface area contributed by atoms with Gasteiger partial charge in [0.25, 0.3) is 5.91 Å². The molecule has 0 saturated heterocycles. The molecule has 6 nitrogen and oxygen atoms in total. The molecular formula is C21H19N5OS. The quantitative estimate of drug-likeness (QED) is 0.562. The molecule has 0 spiro atoms. The van der Waals surface area contributed by atoms with Gasteiger partial charge in [-0.05, 0) is 18.9 Å². The Morgan fingerprint density at radius 3 is 2.86 bits per heavy atom. The highest BCUT2D eigenvalue weighted by Gasteiger charge is 2.27. The summed E-state index contributed by atoms with van der Waals surface area (Å²) < 4.78 is 1.73. The standard InChI is InChI=1S/C21H19N5OS/c1-26-19-17(11-23-26)16(9-18(25-19)13-7-8-13)20(27)22-10-15-12-28-21(24-15)14-5-3-2-4-6-14/h2-6,9,11-13H,7-8,10H2,1H3,(H,22,27). The molecule has 7 heteroatoms. The van der Waals surface area contributed by atoms with E-state index in [1.807, 2.05) is 48.8 Å². The van der Waals surface area contributed by atoms with Gasteiger partial charge >= 0.3 is 0 Å². The molecule has 3 aromatic heterocycles. The Bertz CT molecular complexity index is 1160. The summed E-state index contributed by atoms with van der Waals surface area (Å²) >= 11 is 1.58. The van der Waals surface area contributed by atoms with Gasteiger partial charge in [-0.15, -0.1) is 11.3 Å². The fourth-order valence-electron chi connectivity index (χ4n) is 3.28. The van der Waals surface area contributed by atoms with Crippen LogP contribution in [0.5, 0.6) is 0 Å². The lowest BCUT2D eigenvalue weighted by molar-refractivity contribution is 0.0952. The highest BCUT2D eigenvalue weighted by molar-refractivity contribution is 7.13. The van der Waals surface area contributed by atoms with Crippen LogP contribution >= 0.6 is 11.3 Å². The molecular weight excluding hydrogens is 370 g/mol. The first-order chi connectivity index (χ1) is 13.7. The summed E-state index contributed by atoms with van der Waals surface area (Å²) in [7, 11) is 1.86. The van der Waals surface area contributed by atoms with Gasteiger partial charge in [0.15, 0.2) is 5.65 Å². The average molecular weight is 389 g/mol. The minimum Gasteiger partial charge on any atom is -0.346 e. The number of thiazole rings is 1. The van der Waals surface area contributed by atoms with Crippen molar-refractivity contribution >= 4 is 28.3 Å². The number of nitrogens with one attached hydrogen (secondary N) is 1. The van der Waals surface area contributed by atoms with E-state index in [2.05, 4.69) is 15.4 Å². The lowest BCUT2D eigenvalue weighted by Gasteiger charge is -2.07. The van der Waals surface area contributed by atoms with Gasteiger partial charge in [-0.3, -0.25) is 9.48 Å². The van der Waals surface area contributed by atoms with Crippen LogP contribution in [0, 0.1) is 0 Å². The Morgan fingerprint density at radius 1 is 1.25 bits per heavy atom. The highest BCUT2D eigenvalue weighted by Crippen LogP contribution is 2.40. The van der Waals surface area contributed by atoms with Crippen LogP contribution in [-0.2, 0) is 13.6 Å². The van der Waals surface area contributed by atoms with E-state index in [9.17, 15) is 4.79 Å². The fraction of sp³-hybridized carbons (Fsp3) is 0.238. The van der Waals surface area contributed by atoms with Crippen LogP contribution in [0.1, 0.15) is 40.5 Å². The molecule has 1 N–H and O–H groups in total. The van der Waals surface area contributed by atoms with Gasteiger partial charge in [-0.25, -0.2) is 9.97 Å². The van der Waals surface area contributed by atoms with Crippen molar-refractivity contribution in [3.8, 4) is 10.6 Å². The number of pyridine rings is 1. The SMILES string of the molecule is Cn1ncc2c(C(=O)NCc3csc(-c4ccccc4)n3)cc(C3CC3)nc21. The summed E-state index contributed by atoms with van der Waals surface area (Å²) in [6.45, 7) is 0.394. The van der Waals surface area contributed by atoms with Crippen LogP contribution in [0.25, 0.3) is 21.6 Å². The van der Waals surface area contributed by atoms with Crippen molar-refractivity contribution in [3.05, 3.63) is 64.9 Å². The minimum absolute atomic E-state index is 0.114. The smallest absolute Gasteiger partial charge is 0.252 e. The van der Waals surface area contributed by atoms with Crippen LogP contribution in [0.15, 0.2) is 48.0 Å². The molecule has 28 heavy (non-hydrogen) atoms. The van der Waals surface area contributed by atoms with E-state index in [4.69, 9.17) is 4.98 Å². The predicted octanol–water partition coefficient (Wildman–Crippen LogP) is 3.90. The average Bonchev–Trinajstić information content (AvgIpc) is 3.36. The number of hydrogen-bond donors (Lipinski definition) is 1. The van der Waals surface area contributed by atoms with Crippen LogP contribution in [0.2, 0.25) is 0 Å². The van der Waals surface area contributed by atoms with Gasteiger partial charge in [0.05, 0.1) is 29.4 Å². The fourth-order valence-corrected chi connectivity index (χ4v) is 4.10. The van der Waals surface area contributed by atoms with Gasteiger partial charge in [-0.2, -0.15) is 5.10 Å². The van der Waals surface area contributed by atoms with Crippen molar-refractivity contribution in [3.63, 3.8) is 0 Å². The zero-order chi connectivity index (χ0) is 19.1. The van der Waals surface area contributed by atoms with Crippen molar-refractivity contribution in [2.24, 2.45) is 7.05 Å². The van der Waals surface area contributed by atoms with Crippen LogP contribution in [0.3, 0.4) is 0 Å².